The average molecular weight is 313 g/mol. The van der Waals surface area contributed by atoms with Crippen molar-refractivity contribution in [1.82, 2.24) is 9.97 Å². The molecule has 0 spiro atoms. The Hall–Kier alpha value is -2.63. The lowest BCUT2D eigenvalue weighted by Crippen LogP contribution is -2.23. The smallest absolute Gasteiger partial charge is 0.229 e. The topological polar surface area (TPSA) is 70.2 Å². The van der Waals surface area contributed by atoms with Crippen LogP contribution in [0.4, 0.5) is 23.1 Å². The van der Waals surface area contributed by atoms with Crippen molar-refractivity contribution in [1.29, 1.82) is 0 Å². The first-order chi connectivity index (χ1) is 11.0. The predicted octanol–water partition coefficient (Wildman–Crippen LogP) is 3.33. The Bertz CT molecular complexity index is 682. The summed E-state index contributed by atoms with van der Waals surface area (Å²) >= 11 is 0. The van der Waals surface area contributed by atoms with Crippen molar-refractivity contribution in [3.8, 4) is 0 Å². The molecule has 0 saturated heterocycles. The van der Waals surface area contributed by atoms with Crippen LogP contribution in [0.2, 0.25) is 0 Å². The summed E-state index contributed by atoms with van der Waals surface area (Å²) in [5, 5.41) is 5.96. The maximum atomic E-state index is 11.2. The molecule has 1 amide bonds. The molecule has 2 N–H and O–H groups in total. The van der Waals surface area contributed by atoms with Gasteiger partial charge in [-0.25, -0.2) is 4.98 Å². The van der Waals surface area contributed by atoms with Gasteiger partial charge in [0.25, 0.3) is 0 Å². The quantitative estimate of drug-likeness (QED) is 0.856. The third-order valence-electron chi connectivity index (χ3n) is 3.37. The molecule has 6 heteroatoms. The molecule has 2 aromatic rings. The van der Waals surface area contributed by atoms with E-state index in [1.807, 2.05) is 37.3 Å². The first kappa shape index (κ1) is 16.7. The lowest BCUT2D eigenvalue weighted by atomic mass is 10.2. The standard InChI is InChI=1S/C17H23N5O/c1-5-22(6-2)16-10-12(3)18-17(21-16)20-15-9-7-8-14(11-15)19-13(4)23/h7-11H,5-6H2,1-4H3,(H,19,23)(H,18,20,21). The van der Waals surface area contributed by atoms with Crippen LogP contribution in [0.25, 0.3) is 0 Å². The summed E-state index contributed by atoms with van der Waals surface area (Å²) < 4.78 is 0. The summed E-state index contributed by atoms with van der Waals surface area (Å²) in [5.41, 5.74) is 2.47. The average Bonchev–Trinajstić information content (AvgIpc) is 2.47. The number of hydrogen-bond donors (Lipinski definition) is 2. The van der Waals surface area contributed by atoms with Crippen molar-refractivity contribution in [2.45, 2.75) is 27.7 Å². The molecular weight excluding hydrogens is 290 g/mol. The zero-order valence-corrected chi connectivity index (χ0v) is 14.1. The van der Waals surface area contributed by atoms with Crippen molar-refractivity contribution in [3.63, 3.8) is 0 Å². The summed E-state index contributed by atoms with van der Waals surface area (Å²) in [7, 11) is 0. The number of nitrogens with one attached hydrogen (secondary N) is 2. The minimum absolute atomic E-state index is 0.0993. The predicted molar refractivity (Wildman–Crippen MR) is 94.4 cm³/mol. The van der Waals surface area contributed by atoms with E-state index in [1.54, 1.807) is 0 Å². The molecule has 1 aromatic heterocycles. The molecule has 0 atom stereocenters. The van der Waals surface area contributed by atoms with E-state index < -0.39 is 0 Å². The Kier molecular flexibility index (Phi) is 5.51. The molecule has 0 aliphatic heterocycles. The highest BCUT2D eigenvalue weighted by Crippen LogP contribution is 2.20. The number of benzene rings is 1. The van der Waals surface area contributed by atoms with E-state index >= 15 is 0 Å². The van der Waals surface area contributed by atoms with Gasteiger partial charge < -0.3 is 15.5 Å². The molecule has 0 unspecified atom stereocenters. The minimum atomic E-state index is -0.0993. The fourth-order valence-corrected chi connectivity index (χ4v) is 2.32. The van der Waals surface area contributed by atoms with Crippen LogP contribution in [0.1, 0.15) is 26.5 Å². The number of anilines is 4. The van der Waals surface area contributed by atoms with Gasteiger partial charge in [0.15, 0.2) is 0 Å². The van der Waals surface area contributed by atoms with E-state index in [9.17, 15) is 4.79 Å². The summed E-state index contributed by atoms with van der Waals surface area (Å²) in [5.74, 6) is 1.35. The van der Waals surface area contributed by atoms with Gasteiger partial charge in [0, 0.05) is 43.1 Å². The highest BCUT2D eigenvalue weighted by molar-refractivity contribution is 5.89. The van der Waals surface area contributed by atoms with E-state index in [2.05, 4.69) is 39.3 Å². The molecule has 0 aliphatic rings. The first-order valence-corrected chi connectivity index (χ1v) is 7.77. The number of hydrogen-bond acceptors (Lipinski definition) is 5. The summed E-state index contributed by atoms with van der Waals surface area (Å²) in [6.45, 7) is 9.43. The second kappa shape index (κ2) is 7.58. The van der Waals surface area contributed by atoms with E-state index in [-0.39, 0.29) is 5.91 Å². The maximum absolute atomic E-state index is 11.2. The van der Waals surface area contributed by atoms with Crippen LogP contribution in [-0.4, -0.2) is 29.0 Å². The van der Waals surface area contributed by atoms with Crippen LogP contribution in [0.15, 0.2) is 30.3 Å². The fraction of sp³-hybridized carbons (Fsp3) is 0.353. The first-order valence-electron chi connectivity index (χ1n) is 7.77. The Morgan fingerprint density at radius 2 is 1.83 bits per heavy atom. The normalized spacial score (nSPS) is 10.3. The second-order valence-corrected chi connectivity index (χ2v) is 5.25. The van der Waals surface area contributed by atoms with Gasteiger partial charge in [-0.05, 0) is 39.0 Å². The van der Waals surface area contributed by atoms with Crippen LogP contribution in [0.5, 0.6) is 0 Å². The molecule has 23 heavy (non-hydrogen) atoms. The molecule has 0 aliphatic carbocycles. The molecule has 0 bridgehead atoms. The molecule has 1 heterocycles. The zero-order chi connectivity index (χ0) is 16.8. The van der Waals surface area contributed by atoms with Crippen molar-refractivity contribution < 1.29 is 4.79 Å². The number of rotatable bonds is 6. The number of nitrogens with zero attached hydrogens (tertiary/aromatic N) is 3. The molecular formula is C17H23N5O. The monoisotopic (exact) mass is 313 g/mol. The Morgan fingerprint density at radius 1 is 1.13 bits per heavy atom. The van der Waals surface area contributed by atoms with Crippen LogP contribution >= 0.6 is 0 Å². The van der Waals surface area contributed by atoms with Crippen LogP contribution < -0.4 is 15.5 Å². The maximum Gasteiger partial charge on any atom is 0.229 e. The van der Waals surface area contributed by atoms with Crippen LogP contribution in [-0.2, 0) is 4.79 Å². The summed E-state index contributed by atoms with van der Waals surface area (Å²) in [6, 6.07) is 9.45. The number of aromatic nitrogens is 2. The van der Waals surface area contributed by atoms with Gasteiger partial charge in [-0.1, -0.05) is 6.07 Å². The molecule has 1 aromatic carbocycles. The second-order valence-electron chi connectivity index (χ2n) is 5.25. The lowest BCUT2D eigenvalue weighted by Gasteiger charge is -2.20. The van der Waals surface area contributed by atoms with Crippen LogP contribution in [0, 0.1) is 6.92 Å². The number of carbonyl (C=O) groups excluding carboxylic acids is 1. The highest BCUT2D eigenvalue weighted by atomic mass is 16.1. The molecule has 122 valence electrons. The van der Waals surface area contributed by atoms with Gasteiger partial charge in [-0.3, -0.25) is 4.79 Å². The highest BCUT2D eigenvalue weighted by Gasteiger charge is 2.08. The van der Waals surface area contributed by atoms with Gasteiger partial charge in [-0.2, -0.15) is 4.98 Å². The Labute approximate surface area is 137 Å². The number of aryl methyl sites for hydroxylation is 1. The summed E-state index contributed by atoms with van der Waals surface area (Å²) in [4.78, 5) is 22.3. The van der Waals surface area contributed by atoms with Gasteiger partial charge in [-0.15, -0.1) is 0 Å². The van der Waals surface area contributed by atoms with Crippen molar-refractivity contribution in [2.75, 3.05) is 28.6 Å². The largest absolute Gasteiger partial charge is 0.357 e. The third-order valence-corrected chi connectivity index (χ3v) is 3.37. The van der Waals surface area contributed by atoms with Crippen molar-refractivity contribution in [2.24, 2.45) is 0 Å². The Balaban J connectivity index is 2.24. The Morgan fingerprint density at radius 3 is 2.48 bits per heavy atom. The van der Waals surface area contributed by atoms with E-state index in [1.165, 1.54) is 6.92 Å². The summed E-state index contributed by atoms with van der Waals surface area (Å²) in [6.07, 6.45) is 0. The molecule has 0 fully saturated rings. The minimum Gasteiger partial charge on any atom is -0.357 e. The third kappa shape index (κ3) is 4.67. The van der Waals surface area contributed by atoms with Gasteiger partial charge in [0.2, 0.25) is 11.9 Å². The molecule has 6 nitrogen and oxygen atoms in total. The number of carbonyl (C=O) groups is 1. The lowest BCUT2D eigenvalue weighted by molar-refractivity contribution is -0.114. The van der Waals surface area contributed by atoms with Gasteiger partial charge in [0.1, 0.15) is 5.82 Å². The van der Waals surface area contributed by atoms with Crippen LogP contribution in [0.3, 0.4) is 0 Å². The number of amides is 1. The van der Waals surface area contributed by atoms with Crippen molar-refractivity contribution in [3.05, 3.63) is 36.0 Å². The molecule has 2 rings (SSSR count). The van der Waals surface area contributed by atoms with E-state index in [0.717, 1.165) is 36.0 Å². The van der Waals surface area contributed by atoms with E-state index in [0.29, 0.717) is 5.95 Å². The molecule has 0 radical (unpaired) electrons. The molecule has 0 saturated carbocycles. The fourth-order valence-electron chi connectivity index (χ4n) is 2.32. The zero-order valence-electron chi connectivity index (χ0n) is 14.1. The van der Waals surface area contributed by atoms with Gasteiger partial charge >= 0.3 is 0 Å². The van der Waals surface area contributed by atoms with E-state index in [4.69, 9.17) is 0 Å². The van der Waals surface area contributed by atoms with Crippen molar-refractivity contribution >= 4 is 29.0 Å². The SMILES string of the molecule is CCN(CC)c1cc(C)nc(Nc2cccc(NC(C)=O)c2)n1. The van der Waals surface area contributed by atoms with Gasteiger partial charge in [0.05, 0.1) is 0 Å².